The zero-order valence-electron chi connectivity index (χ0n) is 12.0. The first-order chi connectivity index (χ1) is 11.1. The fraction of sp³-hybridized carbons (Fsp3) is 0.0625. The van der Waals surface area contributed by atoms with Crippen LogP contribution in [0.15, 0.2) is 58.1 Å². The van der Waals surface area contributed by atoms with Gasteiger partial charge in [-0.1, -0.05) is 40.2 Å². The standard InChI is InChI=1S/C16H14BrN3O3/c17-12-7-5-11(6-8-12)9-19-20-15(21)10-23-14-4-2-1-3-13(14)16(18)22/h1-9H,10H2,(H2,18,22)(H,20,21). The highest BCUT2D eigenvalue weighted by Gasteiger charge is 2.09. The predicted octanol–water partition coefficient (Wildman–Crippen LogP) is 2.08. The molecule has 2 aromatic carbocycles. The Bertz CT molecular complexity index is 730. The van der Waals surface area contributed by atoms with E-state index in [-0.39, 0.29) is 17.9 Å². The van der Waals surface area contributed by atoms with Crippen LogP contribution in [0.2, 0.25) is 0 Å². The first-order valence-corrected chi connectivity index (χ1v) is 7.44. The molecule has 0 aliphatic rings. The van der Waals surface area contributed by atoms with E-state index in [1.54, 1.807) is 18.2 Å². The summed E-state index contributed by atoms with van der Waals surface area (Å²) in [5, 5.41) is 3.83. The Labute approximate surface area is 141 Å². The molecular weight excluding hydrogens is 362 g/mol. The molecule has 3 N–H and O–H groups in total. The van der Waals surface area contributed by atoms with E-state index in [1.807, 2.05) is 24.3 Å². The van der Waals surface area contributed by atoms with Crippen molar-refractivity contribution in [1.29, 1.82) is 0 Å². The highest BCUT2D eigenvalue weighted by atomic mass is 79.9. The van der Waals surface area contributed by atoms with Gasteiger partial charge in [-0.3, -0.25) is 9.59 Å². The Morgan fingerprint density at radius 2 is 1.87 bits per heavy atom. The number of hydrogen-bond acceptors (Lipinski definition) is 4. The number of benzene rings is 2. The second-order valence-electron chi connectivity index (χ2n) is 4.49. The number of ether oxygens (including phenoxy) is 1. The van der Waals surface area contributed by atoms with Crippen LogP contribution in [-0.4, -0.2) is 24.6 Å². The minimum Gasteiger partial charge on any atom is -0.483 e. The van der Waals surface area contributed by atoms with E-state index in [4.69, 9.17) is 10.5 Å². The van der Waals surface area contributed by atoms with E-state index in [0.717, 1.165) is 10.0 Å². The number of carbonyl (C=O) groups excluding carboxylic acids is 2. The van der Waals surface area contributed by atoms with Crippen molar-refractivity contribution in [2.75, 3.05) is 6.61 Å². The second-order valence-corrected chi connectivity index (χ2v) is 5.41. The molecule has 23 heavy (non-hydrogen) atoms. The number of nitrogens with two attached hydrogens (primary N) is 1. The van der Waals surface area contributed by atoms with Crippen LogP contribution >= 0.6 is 15.9 Å². The summed E-state index contributed by atoms with van der Waals surface area (Å²) in [7, 11) is 0. The molecule has 0 atom stereocenters. The summed E-state index contributed by atoms with van der Waals surface area (Å²) in [6.07, 6.45) is 1.52. The molecule has 0 fully saturated rings. The molecule has 0 saturated carbocycles. The SMILES string of the molecule is NC(=O)c1ccccc1OCC(=O)NN=Cc1ccc(Br)cc1. The molecule has 118 valence electrons. The number of halogens is 1. The van der Waals surface area contributed by atoms with Crippen LogP contribution in [0.3, 0.4) is 0 Å². The largest absolute Gasteiger partial charge is 0.483 e. The Hall–Kier alpha value is -2.67. The summed E-state index contributed by atoms with van der Waals surface area (Å²) in [6, 6.07) is 13.9. The third-order valence-corrected chi connectivity index (χ3v) is 3.31. The molecule has 0 aliphatic carbocycles. The lowest BCUT2D eigenvalue weighted by atomic mass is 10.2. The van der Waals surface area contributed by atoms with E-state index in [0.29, 0.717) is 0 Å². The van der Waals surface area contributed by atoms with Crippen molar-refractivity contribution < 1.29 is 14.3 Å². The van der Waals surface area contributed by atoms with Crippen molar-refractivity contribution in [3.63, 3.8) is 0 Å². The van der Waals surface area contributed by atoms with Crippen molar-refractivity contribution >= 4 is 34.0 Å². The van der Waals surface area contributed by atoms with E-state index in [9.17, 15) is 9.59 Å². The third kappa shape index (κ3) is 5.23. The number of para-hydroxylation sites is 1. The molecule has 2 rings (SSSR count). The van der Waals surface area contributed by atoms with Crippen LogP contribution in [0.25, 0.3) is 0 Å². The zero-order chi connectivity index (χ0) is 16.7. The maximum Gasteiger partial charge on any atom is 0.277 e. The topological polar surface area (TPSA) is 93.8 Å². The van der Waals surface area contributed by atoms with E-state index >= 15 is 0 Å². The number of nitrogens with zero attached hydrogens (tertiary/aromatic N) is 1. The summed E-state index contributed by atoms with van der Waals surface area (Å²) in [5.74, 6) is -0.807. The summed E-state index contributed by atoms with van der Waals surface area (Å²) in [5.41, 5.74) is 8.63. The van der Waals surface area contributed by atoms with Crippen LogP contribution < -0.4 is 15.9 Å². The molecule has 0 radical (unpaired) electrons. The minimum atomic E-state index is -0.616. The van der Waals surface area contributed by atoms with Gasteiger partial charge in [-0.05, 0) is 29.8 Å². The van der Waals surface area contributed by atoms with Gasteiger partial charge in [0.25, 0.3) is 11.8 Å². The van der Waals surface area contributed by atoms with Gasteiger partial charge < -0.3 is 10.5 Å². The lowest BCUT2D eigenvalue weighted by molar-refractivity contribution is -0.123. The molecule has 0 unspecified atom stereocenters. The highest BCUT2D eigenvalue weighted by molar-refractivity contribution is 9.10. The lowest BCUT2D eigenvalue weighted by Gasteiger charge is -2.08. The molecule has 0 aromatic heterocycles. The number of nitrogens with one attached hydrogen (secondary N) is 1. The monoisotopic (exact) mass is 375 g/mol. The van der Waals surface area contributed by atoms with Crippen LogP contribution in [0, 0.1) is 0 Å². The molecule has 0 spiro atoms. The molecule has 0 heterocycles. The third-order valence-electron chi connectivity index (χ3n) is 2.78. The number of hydrogen-bond donors (Lipinski definition) is 2. The van der Waals surface area contributed by atoms with Gasteiger partial charge in [0, 0.05) is 4.47 Å². The van der Waals surface area contributed by atoms with E-state index in [1.165, 1.54) is 12.3 Å². The molecule has 0 aliphatic heterocycles. The Morgan fingerprint density at radius 1 is 1.17 bits per heavy atom. The van der Waals surface area contributed by atoms with Crippen molar-refractivity contribution in [3.8, 4) is 5.75 Å². The maximum absolute atomic E-state index is 11.7. The van der Waals surface area contributed by atoms with Gasteiger partial charge in [0.2, 0.25) is 0 Å². The summed E-state index contributed by atoms with van der Waals surface area (Å²) in [6.45, 7) is -0.276. The Balaban J connectivity index is 1.86. The fourth-order valence-corrected chi connectivity index (χ4v) is 1.96. The zero-order valence-corrected chi connectivity index (χ0v) is 13.6. The van der Waals surface area contributed by atoms with Gasteiger partial charge in [0.1, 0.15) is 5.75 Å². The van der Waals surface area contributed by atoms with Gasteiger partial charge in [0.05, 0.1) is 11.8 Å². The first-order valence-electron chi connectivity index (χ1n) is 6.65. The molecule has 7 heteroatoms. The molecule has 0 saturated heterocycles. The van der Waals surface area contributed by atoms with Gasteiger partial charge in [-0.15, -0.1) is 0 Å². The van der Waals surface area contributed by atoms with Gasteiger partial charge in [-0.25, -0.2) is 5.43 Å². The van der Waals surface area contributed by atoms with E-state index in [2.05, 4.69) is 26.5 Å². The van der Waals surface area contributed by atoms with Crippen LogP contribution in [0.5, 0.6) is 5.75 Å². The van der Waals surface area contributed by atoms with Crippen LogP contribution in [-0.2, 0) is 4.79 Å². The van der Waals surface area contributed by atoms with Crippen molar-refractivity contribution in [2.45, 2.75) is 0 Å². The molecule has 2 aromatic rings. The van der Waals surface area contributed by atoms with Crippen molar-refractivity contribution in [2.24, 2.45) is 10.8 Å². The number of primary amides is 1. The Morgan fingerprint density at radius 3 is 2.57 bits per heavy atom. The van der Waals surface area contributed by atoms with Gasteiger partial charge in [0.15, 0.2) is 6.61 Å². The molecule has 2 amide bonds. The van der Waals surface area contributed by atoms with Crippen LogP contribution in [0.4, 0.5) is 0 Å². The van der Waals surface area contributed by atoms with Crippen LogP contribution in [0.1, 0.15) is 15.9 Å². The molecule has 0 bridgehead atoms. The first kappa shape index (κ1) is 16.7. The summed E-state index contributed by atoms with van der Waals surface area (Å²) in [4.78, 5) is 22.9. The maximum atomic E-state index is 11.7. The number of carbonyl (C=O) groups is 2. The summed E-state index contributed by atoms with van der Waals surface area (Å²) < 4.78 is 6.24. The van der Waals surface area contributed by atoms with E-state index < -0.39 is 11.8 Å². The van der Waals surface area contributed by atoms with Crippen molar-refractivity contribution in [1.82, 2.24) is 5.43 Å². The summed E-state index contributed by atoms with van der Waals surface area (Å²) >= 11 is 3.33. The number of rotatable bonds is 6. The minimum absolute atomic E-state index is 0.221. The van der Waals surface area contributed by atoms with Crippen molar-refractivity contribution in [3.05, 3.63) is 64.1 Å². The van der Waals surface area contributed by atoms with Gasteiger partial charge in [-0.2, -0.15) is 5.10 Å². The number of amides is 2. The molecule has 6 nitrogen and oxygen atoms in total. The Kier molecular flexibility index (Phi) is 5.87. The number of hydrazone groups is 1. The normalized spacial score (nSPS) is 10.5. The second kappa shape index (κ2) is 8.09. The lowest BCUT2D eigenvalue weighted by Crippen LogP contribution is -2.25. The average Bonchev–Trinajstić information content (AvgIpc) is 2.55. The average molecular weight is 376 g/mol. The highest BCUT2D eigenvalue weighted by Crippen LogP contribution is 2.16. The smallest absolute Gasteiger partial charge is 0.277 e. The predicted molar refractivity (Wildman–Crippen MR) is 90.3 cm³/mol. The molecular formula is C16H14BrN3O3. The quantitative estimate of drug-likeness (QED) is 0.597. The van der Waals surface area contributed by atoms with Gasteiger partial charge >= 0.3 is 0 Å². The fourth-order valence-electron chi connectivity index (χ4n) is 1.70.